The first-order chi connectivity index (χ1) is 6.83. The highest BCUT2D eigenvalue weighted by Gasteiger charge is 2.20. The largest absolute Gasteiger partial charge is 0.377 e. The lowest BCUT2D eigenvalue weighted by atomic mass is 10.0. The van der Waals surface area contributed by atoms with Crippen LogP contribution in [-0.4, -0.2) is 19.8 Å². The van der Waals surface area contributed by atoms with Crippen molar-refractivity contribution < 1.29 is 4.74 Å². The molecule has 1 rings (SSSR count). The lowest BCUT2D eigenvalue weighted by Gasteiger charge is -2.25. The Labute approximate surface area is 90.3 Å². The van der Waals surface area contributed by atoms with Crippen LogP contribution in [0.2, 0.25) is 0 Å². The first kappa shape index (κ1) is 11.7. The van der Waals surface area contributed by atoms with Crippen molar-refractivity contribution in [1.29, 1.82) is 0 Å². The number of ether oxygens (including phenoxy) is 1. The van der Waals surface area contributed by atoms with Gasteiger partial charge in [-0.05, 0) is 42.8 Å². The minimum atomic E-state index is 0.277. The first-order valence-corrected chi connectivity index (χ1v) is 6.08. The van der Waals surface area contributed by atoms with Crippen molar-refractivity contribution in [1.82, 2.24) is 5.32 Å². The maximum absolute atomic E-state index is 5.71. The predicted molar refractivity (Wildman–Crippen MR) is 61.8 cm³/mol. The van der Waals surface area contributed by atoms with E-state index >= 15 is 0 Å². The monoisotopic (exact) mass is 213 g/mol. The van der Waals surface area contributed by atoms with Gasteiger partial charge in [0.05, 0.1) is 12.1 Å². The molecule has 1 aromatic heterocycles. The van der Waals surface area contributed by atoms with Crippen molar-refractivity contribution in [3.63, 3.8) is 0 Å². The number of hydrogen-bond donors (Lipinski definition) is 1. The number of likely N-dealkylation sites (N-methyl/N-ethyl adjacent to an activating group) is 1. The molecule has 0 radical (unpaired) electrons. The van der Waals surface area contributed by atoms with E-state index in [1.807, 2.05) is 14.0 Å². The van der Waals surface area contributed by atoms with E-state index in [2.05, 4.69) is 29.1 Å². The maximum atomic E-state index is 5.71. The van der Waals surface area contributed by atoms with E-state index < -0.39 is 0 Å². The quantitative estimate of drug-likeness (QED) is 0.784. The lowest BCUT2D eigenvalue weighted by molar-refractivity contribution is 0.0335. The molecule has 14 heavy (non-hydrogen) atoms. The summed E-state index contributed by atoms with van der Waals surface area (Å²) in [6.45, 7) is 4.99. The van der Waals surface area contributed by atoms with E-state index in [-0.39, 0.29) is 6.10 Å². The fraction of sp³-hybridized carbons (Fsp3) is 0.636. The van der Waals surface area contributed by atoms with Crippen LogP contribution in [0, 0.1) is 0 Å². The van der Waals surface area contributed by atoms with Crippen LogP contribution in [0.3, 0.4) is 0 Å². The van der Waals surface area contributed by atoms with Crippen molar-refractivity contribution in [3.8, 4) is 0 Å². The highest BCUT2D eigenvalue weighted by atomic mass is 32.1. The molecule has 2 unspecified atom stereocenters. The second kappa shape index (κ2) is 6.17. The SMILES string of the molecule is CCOC(CC)C(NC)c1ccsc1. The molecule has 0 aliphatic heterocycles. The molecular formula is C11H19NOS. The normalized spacial score (nSPS) is 15.4. The summed E-state index contributed by atoms with van der Waals surface area (Å²) in [6.07, 6.45) is 1.31. The molecule has 0 bridgehead atoms. The molecule has 1 N–H and O–H groups in total. The lowest BCUT2D eigenvalue weighted by Crippen LogP contribution is -2.31. The second-order valence-corrected chi connectivity index (χ2v) is 4.01. The Hall–Kier alpha value is -0.380. The molecule has 1 heterocycles. The van der Waals surface area contributed by atoms with Gasteiger partial charge in [0.15, 0.2) is 0 Å². The van der Waals surface area contributed by atoms with E-state index in [1.54, 1.807) is 11.3 Å². The van der Waals surface area contributed by atoms with E-state index in [0.29, 0.717) is 6.04 Å². The minimum absolute atomic E-state index is 0.277. The summed E-state index contributed by atoms with van der Waals surface area (Å²) in [4.78, 5) is 0. The predicted octanol–water partition coefficient (Wildman–Crippen LogP) is 2.82. The molecule has 0 saturated carbocycles. The smallest absolute Gasteiger partial charge is 0.0767 e. The van der Waals surface area contributed by atoms with E-state index in [1.165, 1.54) is 5.56 Å². The van der Waals surface area contributed by atoms with E-state index in [9.17, 15) is 0 Å². The topological polar surface area (TPSA) is 21.3 Å². The van der Waals surface area contributed by atoms with Crippen LogP contribution in [0.5, 0.6) is 0 Å². The highest BCUT2D eigenvalue weighted by Crippen LogP contribution is 2.23. The van der Waals surface area contributed by atoms with Gasteiger partial charge in [-0.25, -0.2) is 0 Å². The van der Waals surface area contributed by atoms with Crippen molar-refractivity contribution in [2.75, 3.05) is 13.7 Å². The molecule has 3 heteroatoms. The third-order valence-electron chi connectivity index (χ3n) is 2.37. The summed E-state index contributed by atoms with van der Waals surface area (Å²) >= 11 is 1.73. The van der Waals surface area contributed by atoms with Crippen molar-refractivity contribution >= 4 is 11.3 Å². The molecule has 0 aromatic carbocycles. The zero-order valence-electron chi connectivity index (χ0n) is 9.12. The van der Waals surface area contributed by atoms with Gasteiger partial charge in [0.1, 0.15) is 0 Å². The second-order valence-electron chi connectivity index (χ2n) is 3.23. The van der Waals surface area contributed by atoms with Gasteiger partial charge in [-0.1, -0.05) is 6.92 Å². The number of rotatable bonds is 6. The van der Waals surface area contributed by atoms with Crippen LogP contribution < -0.4 is 5.32 Å². The Morgan fingerprint density at radius 3 is 2.71 bits per heavy atom. The van der Waals surface area contributed by atoms with E-state index in [0.717, 1.165) is 13.0 Å². The first-order valence-electron chi connectivity index (χ1n) is 5.14. The van der Waals surface area contributed by atoms with Crippen LogP contribution in [0.4, 0.5) is 0 Å². The summed E-state index contributed by atoms with van der Waals surface area (Å²) in [7, 11) is 1.99. The average Bonchev–Trinajstić information content (AvgIpc) is 2.71. The molecule has 0 amide bonds. The maximum Gasteiger partial charge on any atom is 0.0767 e. The van der Waals surface area contributed by atoms with Crippen molar-refractivity contribution in [3.05, 3.63) is 22.4 Å². The summed E-state index contributed by atoms with van der Waals surface area (Å²) in [5.41, 5.74) is 1.33. The van der Waals surface area contributed by atoms with Gasteiger partial charge >= 0.3 is 0 Å². The van der Waals surface area contributed by atoms with E-state index in [4.69, 9.17) is 4.74 Å². The fourth-order valence-corrected chi connectivity index (χ4v) is 2.38. The standard InChI is InChI=1S/C11H19NOS/c1-4-10(13-5-2)11(12-3)9-6-7-14-8-9/h6-8,10-12H,4-5H2,1-3H3. The number of hydrogen-bond acceptors (Lipinski definition) is 3. The van der Waals surface area contributed by atoms with Crippen molar-refractivity contribution in [2.45, 2.75) is 32.4 Å². The molecular weight excluding hydrogens is 194 g/mol. The van der Waals surface area contributed by atoms with Crippen LogP contribution in [-0.2, 0) is 4.74 Å². The van der Waals surface area contributed by atoms with Crippen LogP contribution >= 0.6 is 11.3 Å². The van der Waals surface area contributed by atoms with Gasteiger partial charge in [-0.15, -0.1) is 0 Å². The Bertz CT molecular complexity index is 235. The zero-order valence-corrected chi connectivity index (χ0v) is 9.93. The molecule has 80 valence electrons. The summed E-state index contributed by atoms with van der Waals surface area (Å²) in [5, 5.41) is 7.61. The third kappa shape index (κ3) is 2.80. The van der Waals surface area contributed by atoms with Gasteiger partial charge in [0.2, 0.25) is 0 Å². The molecule has 0 saturated heterocycles. The molecule has 2 nitrogen and oxygen atoms in total. The molecule has 1 aromatic rings. The van der Waals surface area contributed by atoms with Gasteiger partial charge in [-0.2, -0.15) is 11.3 Å². The number of nitrogens with one attached hydrogen (secondary N) is 1. The van der Waals surface area contributed by atoms with Gasteiger partial charge in [0, 0.05) is 6.61 Å². The third-order valence-corrected chi connectivity index (χ3v) is 3.07. The minimum Gasteiger partial charge on any atom is -0.377 e. The Balaban J connectivity index is 2.68. The summed E-state index contributed by atoms with van der Waals surface area (Å²) in [6, 6.07) is 2.49. The molecule has 2 atom stereocenters. The average molecular weight is 213 g/mol. The molecule has 0 spiro atoms. The fourth-order valence-electron chi connectivity index (χ4n) is 1.68. The molecule has 0 fully saturated rings. The van der Waals surface area contributed by atoms with Crippen LogP contribution in [0.25, 0.3) is 0 Å². The molecule has 0 aliphatic carbocycles. The van der Waals surface area contributed by atoms with Gasteiger partial charge in [-0.3, -0.25) is 0 Å². The van der Waals surface area contributed by atoms with Gasteiger partial charge in [0.25, 0.3) is 0 Å². The van der Waals surface area contributed by atoms with Crippen molar-refractivity contribution in [2.24, 2.45) is 0 Å². The highest BCUT2D eigenvalue weighted by molar-refractivity contribution is 7.07. The number of thiophene rings is 1. The Kier molecular flexibility index (Phi) is 5.15. The Morgan fingerprint density at radius 1 is 1.50 bits per heavy atom. The van der Waals surface area contributed by atoms with Crippen LogP contribution in [0.15, 0.2) is 16.8 Å². The molecule has 0 aliphatic rings. The van der Waals surface area contributed by atoms with Crippen LogP contribution in [0.1, 0.15) is 31.9 Å². The van der Waals surface area contributed by atoms with Gasteiger partial charge < -0.3 is 10.1 Å². The summed E-state index contributed by atoms with van der Waals surface area (Å²) < 4.78 is 5.71. The zero-order chi connectivity index (χ0) is 10.4. The Morgan fingerprint density at radius 2 is 2.29 bits per heavy atom. The summed E-state index contributed by atoms with van der Waals surface area (Å²) in [5.74, 6) is 0.